The Morgan fingerprint density at radius 1 is 1.19 bits per heavy atom. The Morgan fingerprint density at radius 3 is 2.44 bits per heavy atom. The van der Waals surface area contributed by atoms with Gasteiger partial charge in [-0.3, -0.25) is 0 Å². The molecule has 0 radical (unpaired) electrons. The van der Waals surface area contributed by atoms with E-state index in [0.29, 0.717) is 13.1 Å². The molecule has 2 unspecified atom stereocenters. The smallest absolute Gasteiger partial charge is 0.0916 e. The van der Waals surface area contributed by atoms with E-state index in [9.17, 15) is 5.11 Å². The number of aliphatic hydroxyl groups excluding tert-OH is 2. The van der Waals surface area contributed by atoms with Crippen molar-refractivity contribution in [1.82, 2.24) is 5.32 Å². The van der Waals surface area contributed by atoms with Crippen LogP contribution in [0.3, 0.4) is 0 Å². The normalized spacial score (nSPS) is 14.8. The first-order valence-electron chi connectivity index (χ1n) is 5.64. The zero-order chi connectivity index (χ0) is 12.1. The van der Waals surface area contributed by atoms with E-state index >= 15 is 0 Å². The maximum Gasteiger partial charge on any atom is 0.0916 e. The molecule has 0 aromatic heterocycles. The number of aryl methyl sites for hydroxylation is 2. The van der Waals surface area contributed by atoms with E-state index in [1.165, 1.54) is 5.56 Å². The highest BCUT2D eigenvalue weighted by Crippen LogP contribution is 2.18. The average molecular weight is 223 g/mol. The third kappa shape index (κ3) is 3.93. The molecule has 0 amide bonds. The lowest BCUT2D eigenvalue weighted by atomic mass is 10.0. The summed E-state index contributed by atoms with van der Waals surface area (Å²) in [4.78, 5) is 0. The summed E-state index contributed by atoms with van der Waals surface area (Å²) in [7, 11) is 0. The molecule has 3 N–H and O–H groups in total. The van der Waals surface area contributed by atoms with E-state index in [4.69, 9.17) is 5.11 Å². The Hall–Kier alpha value is -0.900. The maximum absolute atomic E-state index is 9.96. The summed E-state index contributed by atoms with van der Waals surface area (Å²) >= 11 is 0. The van der Waals surface area contributed by atoms with E-state index in [0.717, 1.165) is 11.1 Å². The minimum absolute atomic E-state index is 0.383. The number of benzene rings is 1. The minimum atomic E-state index is -0.514. The highest BCUT2D eigenvalue weighted by Gasteiger charge is 2.10. The summed E-state index contributed by atoms with van der Waals surface area (Å²) in [5.41, 5.74) is 3.25. The van der Waals surface area contributed by atoms with Gasteiger partial charge in [0.1, 0.15) is 0 Å². The number of rotatable bonds is 5. The lowest BCUT2D eigenvalue weighted by Gasteiger charge is -2.15. The molecule has 16 heavy (non-hydrogen) atoms. The summed E-state index contributed by atoms with van der Waals surface area (Å²) < 4.78 is 0. The summed E-state index contributed by atoms with van der Waals surface area (Å²) in [5, 5.41) is 22.1. The van der Waals surface area contributed by atoms with Crippen LogP contribution in [0.1, 0.15) is 29.7 Å². The van der Waals surface area contributed by atoms with E-state index < -0.39 is 6.10 Å². The summed E-state index contributed by atoms with van der Waals surface area (Å²) in [6, 6.07) is 6.02. The maximum atomic E-state index is 9.96. The van der Waals surface area contributed by atoms with Crippen LogP contribution in [0.5, 0.6) is 0 Å². The highest BCUT2D eigenvalue weighted by atomic mass is 16.3. The third-order valence-electron chi connectivity index (χ3n) is 2.56. The first kappa shape index (κ1) is 13.2. The molecule has 0 fully saturated rings. The van der Waals surface area contributed by atoms with Gasteiger partial charge in [0.25, 0.3) is 0 Å². The molecule has 0 saturated heterocycles. The highest BCUT2D eigenvalue weighted by molar-refractivity contribution is 5.32. The van der Waals surface area contributed by atoms with Gasteiger partial charge in [0.2, 0.25) is 0 Å². The fourth-order valence-electron chi connectivity index (χ4n) is 1.74. The van der Waals surface area contributed by atoms with Crippen molar-refractivity contribution >= 4 is 0 Å². The topological polar surface area (TPSA) is 52.5 Å². The first-order valence-corrected chi connectivity index (χ1v) is 5.64. The third-order valence-corrected chi connectivity index (χ3v) is 2.56. The fraction of sp³-hybridized carbons (Fsp3) is 0.538. The molecule has 0 heterocycles. The van der Waals surface area contributed by atoms with Crippen molar-refractivity contribution in [1.29, 1.82) is 0 Å². The Bertz CT molecular complexity index is 337. The Labute approximate surface area is 97.1 Å². The van der Waals surface area contributed by atoms with E-state index in [2.05, 4.69) is 11.4 Å². The van der Waals surface area contributed by atoms with Gasteiger partial charge >= 0.3 is 0 Å². The Kier molecular flexibility index (Phi) is 4.93. The second-order valence-electron chi connectivity index (χ2n) is 4.38. The van der Waals surface area contributed by atoms with Crippen LogP contribution in [-0.4, -0.2) is 29.4 Å². The molecule has 0 saturated carbocycles. The van der Waals surface area contributed by atoms with Gasteiger partial charge < -0.3 is 15.5 Å². The average Bonchev–Trinajstić information content (AvgIpc) is 2.16. The Morgan fingerprint density at radius 2 is 1.88 bits per heavy atom. The van der Waals surface area contributed by atoms with Crippen molar-refractivity contribution in [2.24, 2.45) is 0 Å². The number of nitrogens with one attached hydrogen (secondary N) is 1. The first-order chi connectivity index (χ1) is 7.50. The molecule has 0 bridgehead atoms. The molecule has 90 valence electrons. The molecular formula is C13H21NO2. The molecule has 0 spiro atoms. The van der Waals surface area contributed by atoms with Crippen molar-refractivity contribution in [3.8, 4) is 0 Å². The van der Waals surface area contributed by atoms with Crippen LogP contribution in [-0.2, 0) is 0 Å². The summed E-state index contributed by atoms with van der Waals surface area (Å²) in [6.07, 6.45) is -0.898. The second-order valence-corrected chi connectivity index (χ2v) is 4.38. The second kappa shape index (κ2) is 5.99. The SMILES string of the molecule is Cc1ccc(C(O)CNCC(C)O)c(C)c1. The lowest BCUT2D eigenvalue weighted by Crippen LogP contribution is -2.28. The summed E-state index contributed by atoms with van der Waals surface area (Å²) in [6.45, 7) is 6.72. The molecule has 1 aromatic carbocycles. The van der Waals surface area contributed by atoms with Gasteiger partial charge in [-0.15, -0.1) is 0 Å². The van der Waals surface area contributed by atoms with Crippen molar-refractivity contribution < 1.29 is 10.2 Å². The Balaban J connectivity index is 2.55. The van der Waals surface area contributed by atoms with Crippen LogP contribution in [0.25, 0.3) is 0 Å². The van der Waals surface area contributed by atoms with Crippen LogP contribution in [0.2, 0.25) is 0 Å². The van der Waals surface area contributed by atoms with Gasteiger partial charge in [-0.05, 0) is 31.9 Å². The van der Waals surface area contributed by atoms with Crippen molar-refractivity contribution in [3.63, 3.8) is 0 Å². The molecule has 0 aliphatic rings. The number of aliphatic hydroxyl groups is 2. The molecule has 2 atom stereocenters. The van der Waals surface area contributed by atoms with Crippen LogP contribution in [0.4, 0.5) is 0 Å². The van der Waals surface area contributed by atoms with Crippen LogP contribution < -0.4 is 5.32 Å². The number of hydrogen-bond acceptors (Lipinski definition) is 3. The van der Waals surface area contributed by atoms with Crippen LogP contribution in [0, 0.1) is 13.8 Å². The molecule has 0 aliphatic heterocycles. The van der Waals surface area contributed by atoms with Gasteiger partial charge in [0.05, 0.1) is 12.2 Å². The summed E-state index contributed by atoms with van der Waals surface area (Å²) in [5.74, 6) is 0. The van der Waals surface area contributed by atoms with Gasteiger partial charge in [-0.1, -0.05) is 23.8 Å². The van der Waals surface area contributed by atoms with Crippen molar-refractivity contribution in [2.75, 3.05) is 13.1 Å². The predicted octanol–water partition coefficient (Wildman–Crippen LogP) is 1.31. The zero-order valence-electron chi connectivity index (χ0n) is 10.2. The molecule has 3 heteroatoms. The van der Waals surface area contributed by atoms with Gasteiger partial charge in [-0.2, -0.15) is 0 Å². The quantitative estimate of drug-likeness (QED) is 0.705. The van der Waals surface area contributed by atoms with E-state index in [-0.39, 0.29) is 6.10 Å². The fourth-order valence-corrected chi connectivity index (χ4v) is 1.74. The van der Waals surface area contributed by atoms with Gasteiger partial charge in [0, 0.05) is 13.1 Å². The molecular weight excluding hydrogens is 202 g/mol. The molecule has 0 aliphatic carbocycles. The zero-order valence-corrected chi connectivity index (χ0v) is 10.2. The molecule has 1 aromatic rings. The van der Waals surface area contributed by atoms with Crippen LogP contribution >= 0.6 is 0 Å². The van der Waals surface area contributed by atoms with E-state index in [1.54, 1.807) is 6.92 Å². The van der Waals surface area contributed by atoms with Gasteiger partial charge in [0.15, 0.2) is 0 Å². The standard InChI is InChI=1S/C13H21NO2/c1-9-4-5-12(10(2)6-9)13(16)8-14-7-11(3)15/h4-6,11,13-16H,7-8H2,1-3H3. The van der Waals surface area contributed by atoms with Crippen LogP contribution in [0.15, 0.2) is 18.2 Å². The largest absolute Gasteiger partial charge is 0.392 e. The molecule has 1 rings (SSSR count). The minimum Gasteiger partial charge on any atom is -0.392 e. The predicted molar refractivity (Wildman–Crippen MR) is 65.4 cm³/mol. The molecule has 3 nitrogen and oxygen atoms in total. The monoisotopic (exact) mass is 223 g/mol. The van der Waals surface area contributed by atoms with E-state index in [1.807, 2.05) is 26.0 Å². The van der Waals surface area contributed by atoms with Crippen molar-refractivity contribution in [3.05, 3.63) is 34.9 Å². The number of hydrogen-bond donors (Lipinski definition) is 3. The van der Waals surface area contributed by atoms with Crippen molar-refractivity contribution in [2.45, 2.75) is 33.0 Å². The lowest BCUT2D eigenvalue weighted by molar-refractivity contribution is 0.154. The van der Waals surface area contributed by atoms with Gasteiger partial charge in [-0.25, -0.2) is 0 Å².